The summed E-state index contributed by atoms with van der Waals surface area (Å²) in [4.78, 5) is 18.0. The molecule has 1 saturated heterocycles. The molecule has 0 radical (unpaired) electrons. The molecule has 0 unspecified atom stereocenters. The van der Waals surface area contributed by atoms with Crippen LogP contribution in [0.1, 0.15) is 22.5 Å². The first-order chi connectivity index (χ1) is 14.0. The van der Waals surface area contributed by atoms with Crippen LogP contribution in [-0.4, -0.2) is 31.6 Å². The van der Waals surface area contributed by atoms with Gasteiger partial charge in [0.2, 0.25) is 10.0 Å². The number of thiazole rings is 1. The van der Waals surface area contributed by atoms with Crippen molar-refractivity contribution < 1.29 is 13.2 Å². The van der Waals surface area contributed by atoms with Crippen molar-refractivity contribution in [3.8, 4) is 0 Å². The highest BCUT2D eigenvalue weighted by Crippen LogP contribution is 2.28. The van der Waals surface area contributed by atoms with Crippen LogP contribution >= 0.6 is 23.1 Å². The van der Waals surface area contributed by atoms with Gasteiger partial charge in [-0.1, -0.05) is 12.1 Å². The highest BCUT2D eigenvalue weighted by Gasteiger charge is 2.28. The molecule has 6 nitrogen and oxygen atoms in total. The van der Waals surface area contributed by atoms with Crippen molar-refractivity contribution in [2.75, 3.05) is 21.9 Å². The number of anilines is 2. The molecule has 1 amide bonds. The quantitative estimate of drug-likeness (QED) is 0.575. The topological polar surface area (TPSA) is 79.4 Å². The van der Waals surface area contributed by atoms with E-state index in [4.69, 9.17) is 0 Å². The fourth-order valence-corrected chi connectivity index (χ4v) is 6.26. The number of rotatable bonds is 6. The second-order valence-corrected chi connectivity index (χ2v) is 10.3. The molecular weight excluding hydrogens is 426 g/mol. The van der Waals surface area contributed by atoms with Crippen molar-refractivity contribution in [1.82, 2.24) is 4.98 Å². The Morgan fingerprint density at radius 3 is 2.66 bits per heavy atom. The number of carbonyl (C=O) groups excluding carboxylic acids is 1. The Bertz CT molecular complexity index is 1100. The van der Waals surface area contributed by atoms with E-state index in [-0.39, 0.29) is 11.7 Å². The third-order valence-corrected chi connectivity index (χ3v) is 8.12. The average molecular weight is 446 g/mol. The lowest BCUT2D eigenvalue weighted by molar-refractivity contribution is 0.102. The number of thioether (sulfide) groups is 1. The summed E-state index contributed by atoms with van der Waals surface area (Å²) in [5.74, 6) is 0.682. The van der Waals surface area contributed by atoms with Gasteiger partial charge in [0.1, 0.15) is 0 Å². The van der Waals surface area contributed by atoms with E-state index in [1.165, 1.54) is 4.31 Å². The zero-order chi connectivity index (χ0) is 20.3. The highest BCUT2D eigenvalue weighted by atomic mass is 32.2. The summed E-state index contributed by atoms with van der Waals surface area (Å²) >= 11 is 3.12. The summed E-state index contributed by atoms with van der Waals surface area (Å²) in [6, 6.07) is 14.4. The normalized spacial score (nSPS) is 15.4. The van der Waals surface area contributed by atoms with Crippen LogP contribution in [0.2, 0.25) is 0 Å². The number of aromatic nitrogens is 1. The molecular formula is C20H19N3O3S3. The monoisotopic (exact) mass is 445 g/mol. The van der Waals surface area contributed by atoms with Gasteiger partial charge in [-0.25, -0.2) is 13.4 Å². The number of nitrogens with zero attached hydrogens (tertiary/aromatic N) is 2. The summed E-state index contributed by atoms with van der Waals surface area (Å²) in [6.07, 6.45) is 0.635. The van der Waals surface area contributed by atoms with E-state index in [1.54, 1.807) is 58.9 Å². The van der Waals surface area contributed by atoms with Crippen molar-refractivity contribution in [1.29, 1.82) is 0 Å². The molecule has 29 heavy (non-hydrogen) atoms. The minimum atomic E-state index is -3.21. The van der Waals surface area contributed by atoms with Gasteiger partial charge in [-0.3, -0.25) is 9.10 Å². The molecule has 0 spiro atoms. The van der Waals surface area contributed by atoms with Gasteiger partial charge in [-0.2, -0.15) is 0 Å². The standard InChI is InChI=1S/C20H19N3O3S3/c24-20(18-4-1-2-5-19(18)28-13-16-12-27-14-21-16)22-15-6-8-17(9-7-15)23-10-3-11-29(23,25)26/h1-2,4-9,12,14H,3,10-11,13H2,(H,22,24). The van der Waals surface area contributed by atoms with Gasteiger partial charge in [0.15, 0.2) is 0 Å². The maximum atomic E-state index is 12.8. The molecule has 9 heteroatoms. The lowest BCUT2D eigenvalue weighted by Crippen LogP contribution is -2.25. The van der Waals surface area contributed by atoms with Crippen LogP contribution in [0, 0.1) is 0 Å². The van der Waals surface area contributed by atoms with E-state index in [2.05, 4.69) is 10.3 Å². The van der Waals surface area contributed by atoms with Crippen LogP contribution in [0.5, 0.6) is 0 Å². The van der Waals surface area contributed by atoms with Crippen molar-refractivity contribution in [3.63, 3.8) is 0 Å². The summed E-state index contributed by atoms with van der Waals surface area (Å²) in [6.45, 7) is 0.498. The first-order valence-corrected chi connectivity index (χ1v) is 12.6. The molecule has 0 atom stereocenters. The molecule has 1 aliphatic rings. The second-order valence-electron chi connectivity index (χ2n) is 6.51. The molecule has 3 aromatic rings. The Labute approximate surface area is 178 Å². The lowest BCUT2D eigenvalue weighted by atomic mass is 10.2. The Balaban J connectivity index is 1.45. The zero-order valence-corrected chi connectivity index (χ0v) is 17.9. The van der Waals surface area contributed by atoms with Crippen molar-refractivity contribution in [2.45, 2.75) is 17.1 Å². The smallest absolute Gasteiger partial charge is 0.256 e. The van der Waals surface area contributed by atoms with Gasteiger partial charge >= 0.3 is 0 Å². The molecule has 0 saturated carbocycles. The fourth-order valence-electron chi connectivity index (χ4n) is 3.08. The molecule has 1 aliphatic heterocycles. The van der Waals surface area contributed by atoms with Crippen molar-refractivity contribution in [3.05, 3.63) is 70.7 Å². The van der Waals surface area contributed by atoms with Crippen molar-refractivity contribution in [2.24, 2.45) is 0 Å². The third-order valence-electron chi connectivity index (χ3n) is 4.50. The fraction of sp³-hybridized carbons (Fsp3) is 0.200. The largest absolute Gasteiger partial charge is 0.322 e. The number of hydrogen-bond acceptors (Lipinski definition) is 6. The molecule has 1 aromatic heterocycles. The predicted molar refractivity (Wildman–Crippen MR) is 118 cm³/mol. The van der Waals surface area contributed by atoms with Crippen LogP contribution in [0.25, 0.3) is 0 Å². The second kappa shape index (κ2) is 8.56. The summed E-state index contributed by atoms with van der Waals surface area (Å²) in [5.41, 5.74) is 4.63. The maximum Gasteiger partial charge on any atom is 0.256 e. The highest BCUT2D eigenvalue weighted by molar-refractivity contribution is 7.98. The third kappa shape index (κ3) is 4.63. The molecule has 0 bridgehead atoms. The maximum absolute atomic E-state index is 12.8. The molecule has 2 aromatic carbocycles. The van der Waals surface area contributed by atoms with Gasteiger partial charge in [0.25, 0.3) is 5.91 Å². The summed E-state index contributed by atoms with van der Waals surface area (Å²) < 4.78 is 25.5. The zero-order valence-electron chi connectivity index (χ0n) is 15.4. The summed E-state index contributed by atoms with van der Waals surface area (Å²) in [5, 5.41) is 4.89. The molecule has 4 rings (SSSR count). The van der Waals surface area contributed by atoms with E-state index in [1.807, 2.05) is 23.6 Å². The van der Waals surface area contributed by atoms with Gasteiger partial charge in [0, 0.05) is 28.3 Å². The number of hydrogen-bond donors (Lipinski definition) is 1. The first kappa shape index (κ1) is 19.9. The molecule has 1 N–H and O–H groups in total. The number of carbonyl (C=O) groups is 1. The van der Waals surface area contributed by atoms with Crippen molar-refractivity contribution >= 4 is 50.4 Å². The number of benzene rings is 2. The minimum Gasteiger partial charge on any atom is -0.322 e. The Morgan fingerprint density at radius 2 is 1.97 bits per heavy atom. The van der Waals surface area contributed by atoms with Crippen LogP contribution in [-0.2, 0) is 15.8 Å². The lowest BCUT2D eigenvalue weighted by Gasteiger charge is -2.17. The average Bonchev–Trinajstić information content (AvgIpc) is 3.36. The molecule has 0 aliphatic carbocycles. The Hall–Kier alpha value is -2.36. The number of sulfonamides is 1. The van der Waals surface area contributed by atoms with Crippen LogP contribution in [0.3, 0.4) is 0 Å². The number of nitrogens with one attached hydrogen (secondary N) is 1. The SMILES string of the molecule is O=C(Nc1ccc(N2CCCS2(=O)=O)cc1)c1ccccc1SCc1cscn1. The van der Waals surface area contributed by atoms with Gasteiger partial charge in [-0.05, 0) is 42.8 Å². The predicted octanol–water partition coefficient (Wildman–Crippen LogP) is 4.23. The molecule has 2 heterocycles. The molecule has 150 valence electrons. The van der Waals surface area contributed by atoms with Crippen LogP contribution in [0.4, 0.5) is 11.4 Å². The Kier molecular flexibility index (Phi) is 5.89. The minimum absolute atomic E-state index is 0.181. The summed E-state index contributed by atoms with van der Waals surface area (Å²) in [7, 11) is -3.21. The first-order valence-electron chi connectivity index (χ1n) is 9.04. The number of amides is 1. The van der Waals surface area contributed by atoms with E-state index >= 15 is 0 Å². The van der Waals surface area contributed by atoms with Gasteiger partial charge in [0.05, 0.1) is 28.2 Å². The van der Waals surface area contributed by atoms with Crippen LogP contribution < -0.4 is 9.62 Å². The van der Waals surface area contributed by atoms with Crippen LogP contribution in [0.15, 0.2) is 64.3 Å². The van der Waals surface area contributed by atoms with E-state index in [0.717, 1.165) is 10.6 Å². The van der Waals surface area contributed by atoms with Gasteiger partial charge < -0.3 is 5.32 Å². The van der Waals surface area contributed by atoms with E-state index in [0.29, 0.717) is 35.7 Å². The Morgan fingerprint density at radius 1 is 1.17 bits per heavy atom. The van der Waals surface area contributed by atoms with E-state index in [9.17, 15) is 13.2 Å². The van der Waals surface area contributed by atoms with Gasteiger partial charge in [-0.15, -0.1) is 23.1 Å². The molecule has 1 fully saturated rings. The van der Waals surface area contributed by atoms with E-state index < -0.39 is 10.0 Å².